The summed E-state index contributed by atoms with van der Waals surface area (Å²) in [4.78, 5) is 0. The fourth-order valence-corrected chi connectivity index (χ4v) is 6.79. The molecule has 8 atom stereocenters. The van der Waals surface area contributed by atoms with E-state index in [1.54, 1.807) is 6.42 Å². The van der Waals surface area contributed by atoms with Gasteiger partial charge in [-0.15, -0.1) is 0 Å². The maximum Gasteiger partial charge on any atom is -0.0198 e. The van der Waals surface area contributed by atoms with Crippen molar-refractivity contribution in [1.29, 1.82) is 0 Å². The van der Waals surface area contributed by atoms with Gasteiger partial charge in [0.2, 0.25) is 0 Å². The zero-order chi connectivity index (χ0) is 7.17. The van der Waals surface area contributed by atoms with Crippen molar-refractivity contribution in [3.05, 3.63) is 0 Å². The van der Waals surface area contributed by atoms with Crippen LogP contribution in [0.15, 0.2) is 0 Å². The minimum Gasteiger partial charge on any atom is -0.0585 e. The van der Waals surface area contributed by atoms with Crippen LogP contribution in [-0.4, -0.2) is 0 Å². The average molecular weight is 146 g/mol. The first kappa shape index (κ1) is 4.89. The van der Waals surface area contributed by atoms with Crippen molar-refractivity contribution in [3.63, 3.8) is 0 Å². The lowest BCUT2D eigenvalue weighted by atomic mass is 9.90. The predicted molar refractivity (Wildman–Crippen MR) is 41.8 cm³/mol. The van der Waals surface area contributed by atoms with E-state index in [-0.39, 0.29) is 0 Å². The van der Waals surface area contributed by atoms with E-state index in [1.807, 2.05) is 0 Å². The Kier molecular flexibility index (Phi) is 0.375. The molecule has 0 heterocycles. The molecule has 58 valence electrons. The highest BCUT2D eigenvalue weighted by atomic mass is 15.0. The van der Waals surface area contributed by atoms with Gasteiger partial charge in [0.1, 0.15) is 0 Å². The SMILES string of the molecule is CC12[C@@H]3C4CC([C@@H]31)[C@H]1[C@H]4C12C. The summed E-state index contributed by atoms with van der Waals surface area (Å²) in [7, 11) is 0. The molecule has 0 aromatic carbocycles. The third-order valence-corrected chi connectivity index (χ3v) is 6.88. The van der Waals surface area contributed by atoms with Crippen LogP contribution in [0.5, 0.6) is 0 Å². The lowest BCUT2D eigenvalue weighted by molar-refractivity contribution is 0.330. The van der Waals surface area contributed by atoms with Gasteiger partial charge in [0.25, 0.3) is 0 Å². The predicted octanol–water partition coefficient (Wildman–Crippen LogP) is 2.15. The first-order chi connectivity index (χ1) is 5.22. The van der Waals surface area contributed by atoms with E-state index in [0.29, 0.717) is 0 Å². The van der Waals surface area contributed by atoms with Gasteiger partial charge in [0, 0.05) is 0 Å². The molecule has 0 nitrogen and oxygen atoms in total. The lowest BCUT2D eigenvalue weighted by Gasteiger charge is -2.14. The summed E-state index contributed by atoms with van der Waals surface area (Å²) in [6, 6.07) is 0. The second-order valence-corrected chi connectivity index (χ2v) is 6.23. The van der Waals surface area contributed by atoms with Gasteiger partial charge < -0.3 is 0 Å². The largest absolute Gasteiger partial charge is 0.0585 e. The molecular weight excluding hydrogens is 132 g/mol. The van der Waals surface area contributed by atoms with Crippen LogP contribution in [-0.2, 0) is 0 Å². The van der Waals surface area contributed by atoms with Gasteiger partial charge in [-0.2, -0.15) is 0 Å². The highest BCUT2D eigenvalue weighted by Crippen LogP contribution is 3.04. The van der Waals surface area contributed by atoms with Crippen LogP contribution in [0.1, 0.15) is 20.3 Å². The molecular formula is C11H14. The lowest BCUT2D eigenvalue weighted by Crippen LogP contribution is -2.09. The molecule has 0 aromatic rings. The molecule has 0 saturated heterocycles. The number of rotatable bonds is 0. The Bertz CT molecular complexity index is 240. The molecule has 6 rings (SSSR count). The summed E-state index contributed by atoms with van der Waals surface area (Å²) in [5.41, 5.74) is 1.77. The number of hydrogen-bond acceptors (Lipinski definition) is 0. The summed E-state index contributed by atoms with van der Waals surface area (Å²) >= 11 is 0. The van der Waals surface area contributed by atoms with Crippen LogP contribution in [0, 0.1) is 46.3 Å². The van der Waals surface area contributed by atoms with Gasteiger partial charge >= 0.3 is 0 Å². The second-order valence-electron chi connectivity index (χ2n) is 6.23. The molecule has 0 aliphatic heterocycles. The maximum atomic E-state index is 2.61. The molecule has 0 aromatic heterocycles. The zero-order valence-electron chi connectivity index (χ0n) is 7.17. The molecule has 6 aliphatic carbocycles. The molecule has 0 radical (unpaired) electrons. The molecule has 4 unspecified atom stereocenters. The van der Waals surface area contributed by atoms with E-state index >= 15 is 0 Å². The van der Waals surface area contributed by atoms with Crippen molar-refractivity contribution >= 4 is 0 Å². The average Bonchev–Trinajstić information content (AvgIpc) is 2.66. The monoisotopic (exact) mass is 146 g/mol. The molecule has 6 fully saturated rings. The van der Waals surface area contributed by atoms with Crippen molar-refractivity contribution in [2.75, 3.05) is 0 Å². The Balaban J connectivity index is 1.96. The van der Waals surface area contributed by atoms with Crippen molar-refractivity contribution in [2.45, 2.75) is 20.3 Å². The molecule has 0 spiro atoms. The van der Waals surface area contributed by atoms with Gasteiger partial charge in [-0.1, -0.05) is 13.8 Å². The van der Waals surface area contributed by atoms with E-state index in [0.717, 1.165) is 10.8 Å². The van der Waals surface area contributed by atoms with Crippen molar-refractivity contribution < 1.29 is 0 Å². The Labute approximate surface area is 67.4 Å². The summed E-state index contributed by atoms with van der Waals surface area (Å²) in [5.74, 6) is 7.37. The fourth-order valence-electron chi connectivity index (χ4n) is 6.79. The van der Waals surface area contributed by atoms with Crippen molar-refractivity contribution in [2.24, 2.45) is 46.3 Å². The first-order valence-corrected chi connectivity index (χ1v) is 5.22. The van der Waals surface area contributed by atoms with Crippen LogP contribution in [0.25, 0.3) is 0 Å². The van der Waals surface area contributed by atoms with Gasteiger partial charge in [0.15, 0.2) is 0 Å². The van der Waals surface area contributed by atoms with E-state index in [4.69, 9.17) is 0 Å². The third kappa shape index (κ3) is 0.197. The standard InChI is InChI=1S/C11H14/c1-10-6-4-3-5(7(6)10)9-8(4)11(9,10)2/h4-9H,3H2,1-2H3/t4?,5?,6-,7-,8-,9+,10?,11?/m0/s1. The third-order valence-electron chi connectivity index (χ3n) is 6.88. The minimum absolute atomic E-state index is 0.885. The van der Waals surface area contributed by atoms with Crippen molar-refractivity contribution in [3.8, 4) is 0 Å². The van der Waals surface area contributed by atoms with Gasteiger partial charge in [-0.05, 0) is 52.8 Å². The Morgan fingerprint density at radius 3 is 1.36 bits per heavy atom. The summed E-state index contributed by atoms with van der Waals surface area (Å²) in [5, 5.41) is 0. The zero-order valence-corrected chi connectivity index (χ0v) is 7.17. The van der Waals surface area contributed by atoms with Crippen LogP contribution < -0.4 is 0 Å². The van der Waals surface area contributed by atoms with Crippen LogP contribution in [0.4, 0.5) is 0 Å². The molecule has 2 bridgehead atoms. The smallest absolute Gasteiger partial charge is 0.0198 e. The molecule has 11 heavy (non-hydrogen) atoms. The van der Waals surface area contributed by atoms with E-state index < -0.39 is 0 Å². The summed E-state index contributed by atoms with van der Waals surface area (Å²) in [6.45, 7) is 5.21. The van der Waals surface area contributed by atoms with E-state index in [1.165, 1.54) is 35.5 Å². The van der Waals surface area contributed by atoms with Crippen molar-refractivity contribution in [1.82, 2.24) is 0 Å². The summed E-state index contributed by atoms with van der Waals surface area (Å²) < 4.78 is 0. The second kappa shape index (κ2) is 0.843. The van der Waals surface area contributed by atoms with Crippen LogP contribution in [0.2, 0.25) is 0 Å². The molecule has 0 amide bonds. The Morgan fingerprint density at radius 1 is 0.818 bits per heavy atom. The maximum absolute atomic E-state index is 2.61. The quantitative estimate of drug-likeness (QED) is 0.491. The summed E-state index contributed by atoms with van der Waals surface area (Å²) in [6.07, 6.45) is 1.65. The Hall–Kier alpha value is 0. The van der Waals surface area contributed by atoms with E-state index in [9.17, 15) is 0 Å². The molecule has 0 heteroatoms. The minimum atomic E-state index is 0.885. The Morgan fingerprint density at radius 2 is 1.18 bits per heavy atom. The van der Waals surface area contributed by atoms with E-state index in [2.05, 4.69) is 13.8 Å². The normalized spacial score (nSPS) is 96.5. The van der Waals surface area contributed by atoms with Crippen LogP contribution >= 0.6 is 0 Å². The van der Waals surface area contributed by atoms with Gasteiger partial charge in [-0.25, -0.2) is 0 Å². The molecule has 0 N–H and O–H groups in total. The molecule has 6 saturated carbocycles. The van der Waals surface area contributed by atoms with Gasteiger partial charge in [-0.3, -0.25) is 0 Å². The highest BCUT2D eigenvalue weighted by Gasteiger charge is 3.00. The fraction of sp³-hybridized carbons (Fsp3) is 1.00. The molecule has 6 aliphatic rings. The number of hydrogen-bond donors (Lipinski definition) is 0. The first-order valence-electron chi connectivity index (χ1n) is 5.22. The topological polar surface area (TPSA) is 0 Å². The highest BCUT2D eigenvalue weighted by molar-refractivity contribution is 5.47. The van der Waals surface area contributed by atoms with Gasteiger partial charge in [0.05, 0.1) is 0 Å². The van der Waals surface area contributed by atoms with Crippen LogP contribution in [0.3, 0.4) is 0 Å².